The number of hydrogen-bond donors (Lipinski definition) is 3. The first kappa shape index (κ1) is 24.0. The van der Waals surface area contributed by atoms with Gasteiger partial charge in [0.15, 0.2) is 11.7 Å². The summed E-state index contributed by atoms with van der Waals surface area (Å²) in [7, 11) is 1.81. The van der Waals surface area contributed by atoms with Crippen molar-refractivity contribution in [2.45, 2.75) is 51.5 Å². The van der Waals surface area contributed by atoms with E-state index < -0.39 is 0 Å². The second-order valence-corrected chi connectivity index (χ2v) is 8.08. The number of guanidine groups is 1. The van der Waals surface area contributed by atoms with Crippen molar-refractivity contribution in [3.63, 3.8) is 0 Å². The lowest BCUT2D eigenvalue weighted by molar-refractivity contribution is 0.0925. The van der Waals surface area contributed by atoms with Crippen molar-refractivity contribution < 1.29 is 9.21 Å². The van der Waals surface area contributed by atoms with Gasteiger partial charge < -0.3 is 25.3 Å². The number of halogens is 1. The second-order valence-electron chi connectivity index (χ2n) is 8.08. The number of aliphatic imine (C=N–C) groups is 1. The van der Waals surface area contributed by atoms with Crippen LogP contribution >= 0.6 is 24.0 Å². The number of hydrogen-bond acceptors (Lipinski definition) is 4. The summed E-state index contributed by atoms with van der Waals surface area (Å²) < 4.78 is 5.20. The fraction of sp³-hybridized carbons (Fsp3) is 0.714. The molecule has 7 nitrogen and oxygen atoms in total. The molecule has 0 spiro atoms. The SMILES string of the molecule is CN=C(NCCCNC(=O)c1occc1C)NC1CCN(CC2CCCC2)C1.I. The normalized spacial score (nSPS) is 20.5. The van der Waals surface area contributed by atoms with Gasteiger partial charge in [0.25, 0.3) is 5.91 Å². The van der Waals surface area contributed by atoms with E-state index in [0.29, 0.717) is 18.3 Å². The Morgan fingerprint density at radius 2 is 2.00 bits per heavy atom. The number of carbonyl (C=O) groups is 1. The summed E-state index contributed by atoms with van der Waals surface area (Å²) in [6.45, 7) is 6.78. The molecular formula is C21H36IN5O2. The van der Waals surface area contributed by atoms with Gasteiger partial charge in [-0.15, -0.1) is 24.0 Å². The summed E-state index contributed by atoms with van der Waals surface area (Å²) in [4.78, 5) is 18.9. The maximum absolute atomic E-state index is 12.0. The van der Waals surface area contributed by atoms with E-state index in [4.69, 9.17) is 4.42 Å². The summed E-state index contributed by atoms with van der Waals surface area (Å²) >= 11 is 0. The van der Waals surface area contributed by atoms with E-state index in [1.807, 2.05) is 14.0 Å². The van der Waals surface area contributed by atoms with Crippen molar-refractivity contribution in [3.8, 4) is 0 Å². The number of aryl methyl sites for hydroxylation is 1. The van der Waals surface area contributed by atoms with Crippen molar-refractivity contribution in [1.82, 2.24) is 20.9 Å². The average molecular weight is 517 g/mol. The zero-order chi connectivity index (χ0) is 19.8. The largest absolute Gasteiger partial charge is 0.459 e. The molecule has 1 saturated carbocycles. The van der Waals surface area contributed by atoms with Gasteiger partial charge in [0, 0.05) is 51.4 Å². The van der Waals surface area contributed by atoms with Crippen LogP contribution in [0.3, 0.4) is 0 Å². The zero-order valence-electron chi connectivity index (χ0n) is 17.7. The highest BCUT2D eigenvalue weighted by atomic mass is 127. The Bertz CT molecular complexity index is 657. The molecule has 1 unspecified atom stereocenters. The summed E-state index contributed by atoms with van der Waals surface area (Å²) in [5, 5.41) is 9.79. The number of likely N-dealkylation sites (tertiary alicyclic amines) is 1. The van der Waals surface area contributed by atoms with Crippen LogP contribution < -0.4 is 16.0 Å². The Kier molecular flexibility index (Phi) is 10.3. The first-order valence-corrected chi connectivity index (χ1v) is 10.7. The minimum atomic E-state index is -0.154. The van der Waals surface area contributed by atoms with Gasteiger partial charge in [0.2, 0.25) is 0 Å². The lowest BCUT2D eigenvalue weighted by atomic mass is 10.1. The standard InChI is InChI=1S/C21H35N5O2.HI/c1-16-9-13-28-19(16)20(27)23-10-5-11-24-21(22-2)25-18-8-12-26(15-18)14-17-6-3-4-7-17;/h9,13,17-18H,3-8,10-12,14-15H2,1-2H3,(H,23,27)(H2,22,24,25);1H. The molecule has 3 N–H and O–H groups in total. The Hall–Kier alpha value is -1.29. The average Bonchev–Trinajstić information content (AvgIpc) is 3.43. The Morgan fingerprint density at radius 1 is 1.24 bits per heavy atom. The molecule has 2 aliphatic rings. The number of nitrogens with one attached hydrogen (secondary N) is 3. The van der Waals surface area contributed by atoms with E-state index in [2.05, 4.69) is 25.8 Å². The molecule has 0 bridgehead atoms. The molecule has 1 atom stereocenters. The van der Waals surface area contributed by atoms with Crippen LogP contribution in [0.1, 0.15) is 54.6 Å². The number of carbonyl (C=O) groups excluding carboxylic acids is 1. The van der Waals surface area contributed by atoms with Gasteiger partial charge in [-0.2, -0.15) is 0 Å². The van der Waals surface area contributed by atoms with Gasteiger partial charge >= 0.3 is 0 Å². The molecule has 3 rings (SSSR count). The van der Waals surface area contributed by atoms with Crippen LogP contribution in [-0.2, 0) is 0 Å². The van der Waals surface area contributed by atoms with E-state index in [-0.39, 0.29) is 29.9 Å². The van der Waals surface area contributed by atoms with Crippen molar-refractivity contribution in [2.75, 3.05) is 39.8 Å². The van der Waals surface area contributed by atoms with E-state index in [9.17, 15) is 4.79 Å². The first-order chi connectivity index (χ1) is 13.7. The zero-order valence-corrected chi connectivity index (χ0v) is 20.0. The molecule has 29 heavy (non-hydrogen) atoms. The topological polar surface area (TPSA) is 81.9 Å². The molecule has 8 heteroatoms. The maximum atomic E-state index is 12.0. The second kappa shape index (κ2) is 12.4. The smallest absolute Gasteiger partial charge is 0.287 e. The van der Waals surface area contributed by atoms with E-state index >= 15 is 0 Å². The van der Waals surface area contributed by atoms with Crippen LogP contribution in [0.5, 0.6) is 0 Å². The van der Waals surface area contributed by atoms with Gasteiger partial charge in [-0.25, -0.2) is 0 Å². The fourth-order valence-corrected chi connectivity index (χ4v) is 4.25. The quantitative estimate of drug-likeness (QED) is 0.214. The molecule has 2 fully saturated rings. The number of rotatable bonds is 8. The summed E-state index contributed by atoms with van der Waals surface area (Å²) in [6, 6.07) is 2.26. The summed E-state index contributed by atoms with van der Waals surface area (Å²) in [5.41, 5.74) is 0.860. The van der Waals surface area contributed by atoms with Crippen LogP contribution in [0.2, 0.25) is 0 Å². The maximum Gasteiger partial charge on any atom is 0.287 e. The molecule has 2 heterocycles. The third kappa shape index (κ3) is 7.47. The lowest BCUT2D eigenvalue weighted by Gasteiger charge is -2.21. The van der Waals surface area contributed by atoms with Crippen molar-refractivity contribution in [2.24, 2.45) is 10.9 Å². The van der Waals surface area contributed by atoms with E-state index in [1.54, 1.807) is 12.3 Å². The van der Waals surface area contributed by atoms with Gasteiger partial charge in [0.05, 0.1) is 6.26 Å². The van der Waals surface area contributed by atoms with Crippen LogP contribution in [0, 0.1) is 12.8 Å². The van der Waals surface area contributed by atoms with Crippen LogP contribution in [0.25, 0.3) is 0 Å². The third-order valence-electron chi connectivity index (χ3n) is 5.83. The van der Waals surface area contributed by atoms with Crippen LogP contribution in [0.4, 0.5) is 0 Å². The van der Waals surface area contributed by atoms with Gasteiger partial charge in [-0.05, 0) is 44.6 Å². The molecule has 1 aliphatic carbocycles. The summed E-state index contributed by atoms with van der Waals surface area (Å²) in [5.74, 6) is 2.00. The molecule has 1 amide bonds. The van der Waals surface area contributed by atoms with E-state index in [0.717, 1.165) is 37.0 Å². The highest BCUT2D eigenvalue weighted by Gasteiger charge is 2.26. The minimum absolute atomic E-state index is 0. The van der Waals surface area contributed by atoms with Crippen LogP contribution in [-0.4, -0.2) is 62.6 Å². The molecular weight excluding hydrogens is 481 g/mol. The van der Waals surface area contributed by atoms with Gasteiger partial charge in [-0.1, -0.05) is 12.8 Å². The molecule has 0 aromatic carbocycles. The minimum Gasteiger partial charge on any atom is -0.459 e. The lowest BCUT2D eigenvalue weighted by Crippen LogP contribution is -2.45. The Balaban J connectivity index is 0.00000300. The number of nitrogens with zero attached hydrogens (tertiary/aromatic N) is 2. The predicted octanol–water partition coefficient (Wildman–Crippen LogP) is 2.76. The van der Waals surface area contributed by atoms with Crippen LogP contribution in [0.15, 0.2) is 21.7 Å². The predicted molar refractivity (Wildman–Crippen MR) is 127 cm³/mol. The molecule has 1 aromatic heterocycles. The van der Waals surface area contributed by atoms with E-state index in [1.165, 1.54) is 45.2 Å². The Morgan fingerprint density at radius 3 is 2.69 bits per heavy atom. The molecule has 1 saturated heterocycles. The highest BCUT2D eigenvalue weighted by Crippen LogP contribution is 2.26. The Labute approximate surface area is 191 Å². The molecule has 1 aliphatic heterocycles. The molecule has 164 valence electrons. The van der Waals surface area contributed by atoms with Gasteiger partial charge in [-0.3, -0.25) is 9.79 Å². The van der Waals surface area contributed by atoms with Crippen molar-refractivity contribution in [1.29, 1.82) is 0 Å². The summed E-state index contributed by atoms with van der Waals surface area (Å²) in [6.07, 6.45) is 9.19. The van der Waals surface area contributed by atoms with Crippen molar-refractivity contribution in [3.05, 3.63) is 23.7 Å². The molecule has 1 aromatic rings. The third-order valence-corrected chi connectivity index (χ3v) is 5.83. The number of furan rings is 1. The monoisotopic (exact) mass is 517 g/mol. The highest BCUT2D eigenvalue weighted by molar-refractivity contribution is 14.0. The molecule has 0 radical (unpaired) electrons. The fourth-order valence-electron chi connectivity index (χ4n) is 4.25. The van der Waals surface area contributed by atoms with Gasteiger partial charge in [0.1, 0.15) is 0 Å². The first-order valence-electron chi connectivity index (χ1n) is 10.7. The van der Waals surface area contributed by atoms with Crippen molar-refractivity contribution >= 4 is 35.8 Å². The number of amides is 1.